The summed E-state index contributed by atoms with van der Waals surface area (Å²) in [4.78, 5) is 0. The zero-order valence-corrected chi connectivity index (χ0v) is 21.1. The van der Waals surface area contributed by atoms with Crippen LogP contribution >= 0.6 is 0 Å². The van der Waals surface area contributed by atoms with E-state index in [0.717, 1.165) is 42.4 Å². The van der Waals surface area contributed by atoms with E-state index in [0.29, 0.717) is 22.9 Å². The van der Waals surface area contributed by atoms with E-state index in [1.807, 2.05) is 0 Å². The van der Waals surface area contributed by atoms with Gasteiger partial charge in [0.2, 0.25) is 0 Å². The van der Waals surface area contributed by atoms with Gasteiger partial charge in [-0.25, -0.2) is 0 Å². The fourth-order valence-electron chi connectivity index (χ4n) is 9.72. The third kappa shape index (κ3) is 3.32. The van der Waals surface area contributed by atoms with E-state index >= 15 is 0 Å². The first kappa shape index (κ1) is 22.5. The maximum Gasteiger partial charge on any atom is 0.0968 e. The van der Waals surface area contributed by atoms with Crippen LogP contribution < -0.4 is 0 Å². The molecular weight excluding hydrogens is 380 g/mol. The topological polar surface area (TPSA) is 32.8 Å². The number of hydrogen-bond acceptors (Lipinski definition) is 2. The number of fused-ring (bicyclic) bond motifs is 5. The number of epoxide rings is 1. The maximum atomic E-state index is 10.3. The Balaban J connectivity index is 1.30. The smallest absolute Gasteiger partial charge is 0.0968 e. The molecule has 2 heteroatoms. The molecule has 1 heterocycles. The molecule has 0 spiro atoms. The third-order valence-electron chi connectivity index (χ3n) is 11.8. The fourth-order valence-corrected chi connectivity index (χ4v) is 9.72. The highest BCUT2D eigenvalue weighted by Crippen LogP contribution is 2.67. The Morgan fingerprint density at radius 2 is 1.81 bits per heavy atom. The largest absolute Gasteiger partial charge is 0.393 e. The van der Waals surface area contributed by atoms with Crippen molar-refractivity contribution in [1.29, 1.82) is 0 Å². The molecule has 4 fully saturated rings. The minimum absolute atomic E-state index is 0.0891. The van der Waals surface area contributed by atoms with Crippen LogP contribution in [0.1, 0.15) is 106 Å². The van der Waals surface area contributed by atoms with E-state index in [4.69, 9.17) is 4.74 Å². The molecule has 5 aliphatic rings. The van der Waals surface area contributed by atoms with Gasteiger partial charge in [-0.1, -0.05) is 46.3 Å². The Morgan fingerprint density at radius 1 is 1.06 bits per heavy atom. The first-order chi connectivity index (χ1) is 14.6. The average Bonchev–Trinajstić information content (AvgIpc) is 3.25. The summed E-state index contributed by atoms with van der Waals surface area (Å²) in [5.41, 5.74) is 2.69. The van der Waals surface area contributed by atoms with E-state index in [-0.39, 0.29) is 11.7 Å². The van der Waals surface area contributed by atoms with Gasteiger partial charge >= 0.3 is 0 Å². The molecule has 3 saturated carbocycles. The summed E-state index contributed by atoms with van der Waals surface area (Å²) >= 11 is 0. The molecule has 0 aromatic rings. The van der Waals surface area contributed by atoms with Crippen LogP contribution in [0.5, 0.6) is 0 Å². The lowest BCUT2D eigenvalue weighted by Gasteiger charge is -2.58. The van der Waals surface area contributed by atoms with E-state index in [1.165, 1.54) is 51.4 Å². The highest BCUT2D eigenvalue weighted by Gasteiger charge is 2.60. The summed E-state index contributed by atoms with van der Waals surface area (Å²) in [5.74, 6) is 4.99. The van der Waals surface area contributed by atoms with Gasteiger partial charge in [-0.2, -0.15) is 0 Å². The summed E-state index contributed by atoms with van der Waals surface area (Å²) in [6, 6.07) is 0. The lowest BCUT2D eigenvalue weighted by molar-refractivity contribution is -0.0576. The van der Waals surface area contributed by atoms with Crippen molar-refractivity contribution in [2.45, 2.75) is 124 Å². The van der Waals surface area contributed by atoms with Crippen LogP contribution in [0.4, 0.5) is 0 Å². The van der Waals surface area contributed by atoms with Crippen molar-refractivity contribution in [3.8, 4) is 0 Å². The summed E-state index contributed by atoms with van der Waals surface area (Å²) in [6.45, 7) is 14.8. The van der Waals surface area contributed by atoms with Crippen molar-refractivity contribution < 1.29 is 9.84 Å². The normalized spacial score (nSPS) is 52.2. The number of aliphatic hydroxyl groups excluding tert-OH is 1. The van der Waals surface area contributed by atoms with Crippen molar-refractivity contribution in [3.63, 3.8) is 0 Å². The predicted molar refractivity (Wildman–Crippen MR) is 128 cm³/mol. The summed E-state index contributed by atoms with van der Waals surface area (Å²) in [7, 11) is 0. The van der Waals surface area contributed by atoms with E-state index in [1.54, 1.807) is 5.57 Å². The SMILES string of the molecule is CC(C)[C@@]1(CC[C@@H](C)[C@H]2CCC3C4CC=C5C[C@@H](O)CC[C@]5(C)C4CC[C@@]32C)O[C@@H]1C. The van der Waals surface area contributed by atoms with Gasteiger partial charge in [0.25, 0.3) is 0 Å². The van der Waals surface area contributed by atoms with Crippen LogP contribution in [0.25, 0.3) is 0 Å². The molecule has 1 N–H and O–H groups in total. The molecule has 176 valence electrons. The van der Waals surface area contributed by atoms with Gasteiger partial charge in [0, 0.05) is 0 Å². The van der Waals surface area contributed by atoms with Crippen LogP contribution in [-0.2, 0) is 4.74 Å². The molecule has 2 nitrogen and oxygen atoms in total. The van der Waals surface area contributed by atoms with Crippen LogP contribution in [0.15, 0.2) is 11.6 Å². The molecule has 0 aromatic carbocycles. The number of hydrogen-bond donors (Lipinski definition) is 1. The van der Waals surface area contributed by atoms with Crippen molar-refractivity contribution in [1.82, 2.24) is 0 Å². The predicted octanol–water partition coefficient (Wildman–Crippen LogP) is 7.16. The van der Waals surface area contributed by atoms with Crippen molar-refractivity contribution in [2.75, 3.05) is 0 Å². The Hall–Kier alpha value is -0.340. The molecule has 5 rings (SSSR count). The summed E-state index contributed by atoms with van der Waals surface area (Å²) in [6.07, 6.45) is 15.7. The quantitative estimate of drug-likeness (QED) is 0.372. The number of allylic oxidation sites excluding steroid dienone is 1. The van der Waals surface area contributed by atoms with Crippen LogP contribution in [0.2, 0.25) is 0 Å². The molecule has 0 amide bonds. The molecule has 0 radical (unpaired) electrons. The van der Waals surface area contributed by atoms with E-state index < -0.39 is 0 Å². The molecule has 0 aromatic heterocycles. The Morgan fingerprint density at radius 3 is 2.48 bits per heavy atom. The minimum atomic E-state index is -0.0891. The van der Waals surface area contributed by atoms with Gasteiger partial charge in [0.1, 0.15) is 0 Å². The van der Waals surface area contributed by atoms with Gasteiger partial charge in [0.05, 0.1) is 17.8 Å². The lowest BCUT2D eigenvalue weighted by atomic mass is 9.47. The number of rotatable bonds is 5. The fraction of sp³-hybridized carbons (Fsp3) is 0.931. The van der Waals surface area contributed by atoms with Gasteiger partial charge in [-0.15, -0.1) is 0 Å². The third-order valence-corrected chi connectivity index (χ3v) is 11.8. The van der Waals surface area contributed by atoms with E-state index in [2.05, 4.69) is 47.6 Å². The van der Waals surface area contributed by atoms with Gasteiger partial charge in [-0.3, -0.25) is 0 Å². The Bertz CT molecular complexity index is 726. The second kappa shape index (κ2) is 7.59. The minimum Gasteiger partial charge on any atom is -0.393 e. The van der Waals surface area contributed by atoms with Gasteiger partial charge < -0.3 is 9.84 Å². The Labute approximate surface area is 191 Å². The van der Waals surface area contributed by atoms with Crippen LogP contribution in [-0.4, -0.2) is 22.9 Å². The van der Waals surface area contributed by atoms with E-state index in [9.17, 15) is 5.11 Å². The zero-order chi connectivity index (χ0) is 22.2. The molecule has 0 bridgehead atoms. The number of aliphatic hydroxyl groups is 1. The second-order valence-electron chi connectivity index (χ2n) is 13.3. The molecule has 1 aliphatic heterocycles. The van der Waals surface area contributed by atoms with Gasteiger partial charge in [0.15, 0.2) is 0 Å². The first-order valence-electron chi connectivity index (χ1n) is 13.7. The van der Waals surface area contributed by atoms with Crippen molar-refractivity contribution in [3.05, 3.63) is 11.6 Å². The summed E-state index contributed by atoms with van der Waals surface area (Å²) in [5, 5.41) is 10.3. The standard InChI is InChI=1S/C29H48O2/c1-18(2)29(20(4)31-29)16-11-19(3)24-9-10-25-23-8-7-21-17-22(30)12-14-27(21,5)26(23)13-15-28(24,25)6/h7,18-20,22-26,30H,8-17H2,1-6H3/t19-,20-,22+,23?,24-,25?,26?,27+,28-,29-/m1/s1. The second-order valence-corrected chi connectivity index (χ2v) is 13.3. The monoisotopic (exact) mass is 428 g/mol. The highest BCUT2D eigenvalue weighted by atomic mass is 16.6. The lowest BCUT2D eigenvalue weighted by Crippen LogP contribution is -2.50. The molecule has 1 saturated heterocycles. The zero-order valence-electron chi connectivity index (χ0n) is 21.1. The molecular formula is C29H48O2. The maximum absolute atomic E-state index is 10.3. The Kier molecular flexibility index (Phi) is 5.50. The average molecular weight is 429 g/mol. The molecule has 10 atom stereocenters. The van der Waals surface area contributed by atoms with Crippen molar-refractivity contribution in [2.24, 2.45) is 46.3 Å². The molecule has 4 aliphatic carbocycles. The number of ether oxygens (including phenoxy) is 1. The van der Waals surface area contributed by atoms with Crippen LogP contribution in [0.3, 0.4) is 0 Å². The first-order valence-corrected chi connectivity index (χ1v) is 13.7. The molecule has 31 heavy (non-hydrogen) atoms. The van der Waals surface area contributed by atoms with Crippen LogP contribution in [0, 0.1) is 46.3 Å². The van der Waals surface area contributed by atoms with Gasteiger partial charge in [-0.05, 0) is 117 Å². The molecule has 3 unspecified atom stereocenters. The summed E-state index contributed by atoms with van der Waals surface area (Å²) < 4.78 is 6.13. The van der Waals surface area contributed by atoms with Crippen molar-refractivity contribution >= 4 is 0 Å². The highest BCUT2D eigenvalue weighted by molar-refractivity contribution is 5.25.